The molecule has 8 nitrogen and oxygen atoms in total. The molecule has 0 saturated heterocycles. The Hall–Kier alpha value is -3.81. The summed E-state index contributed by atoms with van der Waals surface area (Å²) in [5.41, 5.74) is 2.12. The normalized spacial score (nSPS) is 12.1. The van der Waals surface area contributed by atoms with Crippen LogP contribution in [0.2, 0.25) is 0 Å². The molecule has 34 heavy (non-hydrogen) atoms. The topological polar surface area (TPSA) is 87.4 Å². The molecule has 1 atom stereocenters. The number of carbonyl (C=O) groups is 1. The highest BCUT2D eigenvalue weighted by Crippen LogP contribution is 2.30. The lowest BCUT2D eigenvalue weighted by molar-refractivity contribution is -0.123. The second-order valence-electron chi connectivity index (χ2n) is 8.09. The van der Waals surface area contributed by atoms with E-state index >= 15 is 0 Å². The fourth-order valence-electron chi connectivity index (χ4n) is 4.24. The van der Waals surface area contributed by atoms with Crippen LogP contribution < -0.4 is 20.3 Å². The molecule has 2 heterocycles. The molecule has 178 valence electrons. The molecule has 2 aromatic heterocycles. The number of carbonyl (C=O) groups excluding carboxylic acids is 1. The number of nitrogens with zero attached hydrogens (tertiary/aromatic N) is 3. The van der Waals surface area contributed by atoms with Gasteiger partial charge >= 0.3 is 0 Å². The number of benzene rings is 2. The van der Waals surface area contributed by atoms with Crippen LogP contribution in [0.3, 0.4) is 0 Å². The Balaban J connectivity index is 1.54. The van der Waals surface area contributed by atoms with Crippen molar-refractivity contribution in [1.29, 1.82) is 0 Å². The number of amides is 1. The molecule has 0 saturated carbocycles. The highest BCUT2D eigenvalue weighted by molar-refractivity contribution is 6.08. The van der Waals surface area contributed by atoms with E-state index in [0.29, 0.717) is 43.2 Å². The quantitative estimate of drug-likeness (QED) is 0.411. The maximum absolute atomic E-state index is 13.1. The van der Waals surface area contributed by atoms with Crippen molar-refractivity contribution < 1.29 is 14.3 Å². The van der Waals surface area contributed by atoms with Gasteiger partial charge in [-0.1, -0.05) is 24.3 Å². The second kappa shape index (κ2) is 9.99. The van der Waals surface area contributed by atoms with Crippen molar-refractivity contribution in [3.63, 3.8) is 0 Å². The zero-order valence-corrected chi connectivity index (χ0v) is 20.0. The summed E-state index contributed by atoms with van der Waals surface area (Å²) in [5, 5.41) is 8.83. The van der Waals surface area contributed by atoms with Crippen LogP contribution >= 0.6 is 0 Å². The average molecular weight is 463 g/mol. The number of ether oxygens (including phenoxy) is 2. The molecule has 0 aliphatic carbocycles. The number of rotatable bonds is 9. The van der Waals surface area contributed by atoms with Crippen LogP contribution in [0, 0.1) is 0 Å². The van der Waals surface area contributed by atoms with E-state index in [-0.39, 0.29) is 11.5 Å². The van der Waals surface area contributed by atoms with Gasteiger partial charge in [0.25, 0.3) is 5.56 Å². The van der Waals surface area contributed by atoms with Crippen LogP contribution in [0.1, 0.15) is 32.4 Å². The summed E-state index contributed by atoms with van der Waals surface area (Å²) in [6, 6.07) is 13.0. The third-order valence-corrected chi connectivity index (χ3v) is 5.89. The molecule has 0 fully saturated rings. The standard InChI is InChI=1S/C26H30N4O4/c1-5-33-22-12-11-18(15-23(22)34-6-2)13-14-27-25(31)17(3)30-21-10-8-7-9-19(21)20-16-28-29(4)26(32)24(20)30/h7-12,15-17H,5-6,13-14H2,1-4H3,(H,27,31)/t17-/m0/s1. The van der Waals surface area contributed by atoms with E-state index in [4.69, 9.17) is 9.47 Å². The minimum absolute atomic E-state index is 0.155. The summed E-state index contributed by atoms with van der Waals surface area (Å²) in [7, 11) is 1.61. The second-order valence-corrected chi connectivity index (χ2v) is 8.09. The first-order valence-corrected chi connectivity index (χ1v) is 11.6. The summed E-state index contributed by atoms with van der Waals surface area (Å²) in [6.45, 7) is 7.25. The predicted molar refractivity (Wildman–Crippen MR) is 133 cm³/mol. The fraction of sp³-hybridized carbons (Fsp3) is 0.346. The predicted octanol–water partition coefficient (Wildman–Crippen LogP) is 3.61. The van der Waals surface area contributed by atoms with Crippen molar-refractivity contribution in [2.24, 2.45) is 7.05 Å². The summed E-state index contributed by atoms with van der Waals surface area (Å²) in [6.07, 6.45) is 2.33. The van der Waals surface area contributed by atoms with Gasteiger partial charge in [0.05, 0.1) is 24.9 Å². The third-order valence-electron chi connectivity index (χ3n) is 5.89. The van der Waals surface area contributed by atoms with Gasteiger partial charge in [0.1, 0.15) is 11.6 Å². The van der Waals surface area contributed by atoms with E-state index in [1.165, 1.54) is 4.68 Å². The molecule has 2 aromatic carbocycles. The zero-order valence-electron chi connectivity index (χ0n) is 20.0. The van der Waals surface area contributed by atoms with Gasteiger partial charge in [-0.25, -0.2) is 4.68 Å². The molecule has 0 unspecified atom stereocenters. The lowest BCUT2D eigenvalue weighted by Gasteiger charge is -2.17. The smallest absolute Gasteiger partial charge is 0.291 e. The maximum Gasteiger partial charge on any atom is 0.291 e. The van der Waals surface area contributed by atoms with Crippen LogP contribution in [-0.2, 0) is 18.3 Å². The van der Waals surface area contributed by atoms with Crippen LogP contribution in [0.25, 0.3) is 21.8 Å². The molecule has 0 radical (unpaired) electrons. The molecule has 0 aliphatic heterocycles. The third kappa shape index (κ3) is 4.35. The summed E-state index contributed by atoms with van der Waals surface area (Å²) < 4.78 is 14.4. The van der Waals surface area contributed by atoms with Gasteiger partial charge < -0.3 is 19.4 Å². The Bertz CT molecular complexity index is 1390. The number of para-hydroxylation sites is 1. The number of hydrogen-bond donors (Lipinski definition) is 1. The van der Waals surface area contributed by atoms with E-state index in [0.717, 1.165) is 21.9 Å². The number of nitrogens with one attached hydrogen (secondary N) is 1. The Morgan fingerprint density at radius 2 is 1.79 bits per heavy atom. The monoisotopic (exact) mass is 462 g/mol. The lowest BCUT2D eigenvalue weighted by atomic mass is 10.1. The van der Waals surface area contributed by atoms with Gasteiger partial charge in [0.2, 0.25) is 5.91 Å². The molecule has 1 N–H and O–H groups in total. The number of aromatic nitrogens is 3. The average Bonchev–Trinajstić information content (AvgIpc) is 3.17. The molecule has 1 amide bonds. The highest BCUT2D eigenvalue weighted by Gasteiger charge is 2.23. The van der Waals surface area contributed by atoms with Crippen molar-refractivity contribution in [3.8, 4) is 11.5 Å². The summed E-state index contributed by atoms with van der Waals surface area (Å²) in [5.74, 6) is 1.27. The van der Waals surface area contributed by atoms with E-state index in [1.54, 1.807) is 13.2 Å². The van der Waals surface area contributed by atoms with Crippen molar-refractivity contribution in [3.05, 3.63) is 64.6 Å². The van der Waals surface area contributed by atoms with E-state index in [2.05, 4.69) is 10.4 Å². The molecule has 0 aliphatic rings. The van der Waals surface area contributed by atoms with Crippen LogP contribution in [0.15, 0.2) is 53.5 Å². The van der Waals surface area contributed by atoms with Gasteiger partial charge in [-0.2, -0.15) is 5.10 Å². The number of fused-ring (bicyclic) bond motifs is 3. The minimum atomic E-state index is -0.572. The Kier molecular flexibility index (Phi) is 6.86. The van der Waals surface area contributed by atoms with Gasteiger partial charge in [-0.15, -0.1) is 0 Å². The van der Waals surface area contributed by atoms with Crippen LogP contribution in [-0.4, -0.2) is 40.0 Å². The van der Waals surface area contributed by atoms with Crippen molar-refractivity contribution in [1.82, 2.24) is 19.7 Å². The van der Waals surface area contributed by atoms with Crippen molar-refractivity contribution >= 4 is 27.7 Å². The number of aryl methyl sites for hydroxylation is 1. The Morgan fingerprint density at radius 3 is 2.56 bits per heavy atom. The van der Waals surface area contributed by atoms with Gasteiger partial charge in [0.15, 0.2) is 11.5 Å². The first kappa shape index (κ1) is 23.4. The lowest BCUT2D eigenvalue weighted by Crippen LogP contribution is -2.33. The fourth-order valence-corrected chi connectivity index (χ4v) is 4.24. The van der Waals surface area contributed by atoms with E-state index < -0.39 is 6.04 Å². The van der Waals surface area contributed by atoms with Crippen molar-refractivity contribution in [2.75, 3.05) is 19.8 Å². The molecule has 0 bridgehead atoms. The Morgan fingerprint density at radius 1 is 1.06 bits per heavy atom. The minimum Gasteiger partial charge on any atom is -0.490 e. The first-order chi connectivity index (χ1) is 16.5. The number of hydrogen-bond acceptors (Lipinski definition) is 5. The van der Waals surface area contributed by atoms with E-state index in [9.17, 15) is 9.59 Å². The molecular weight excluding hydrogens is 432 g/mol. The largest absolute Gasteiger partial charge is 0.490 e. The van der Waals surface area contributed by atoms with Crippen LogP contribution in [0.4, 0.5) is 0 Å². The molecule has 4 rings (SSSR count). The molecular formula is C26H30N4O4. The first-order valence-electron chi connectivity index (χ1n) is 11.6. The zero-order chi connectivity index (χ0) is 24.2. The molecule has 4 aromatic rings. The molecule has 0 spiro atoms. The van der Waals surface area contributed by atoms with Crippen LogP contribution in [0.5, 0.6) is 11.5 Å². The van der Waals surface area contributed by atoms with Gasteiger partial charge in [-0.05, 0) is 51.0 Å². The van der Waals surface area contributed by atoms with Crippen molar-refractivity contribution in [2.45, 2.75) is 33.2 Å². The van der Waals surface area contributed by atoms with Gasteiger partial charge in [0, 0.05) is 24.4 Å². The van der Waals surface area contributed by atoms with E-state index in [1.807, 2.05) is 67.8 Å². The SMILES string of the molecule is CCOc1ccc(CCNC(=O)[C@H](C)n2c3ccccc3c3cnn(C)c(=O)c32)cc1OCC. The highest BCUT2D eigenvalue weighted by atomic mass is 16.5. The summed E-state index contributed by atoms with van der Waals surface area (Å²) >= 11 is 0. The summed E-state index contributed by atoms with van der Waals surface area (Å²) in [4.78, 5) is 26.1. The maximum atomic E-state index is 13.1. The molecule has 8 heteroatoms. The van der Waals surface area contributed by atoms with Gasteiger partial charge in [-0.3, -0.25) is 9.59 Å². The Labute approximate surface area is 198 Å².